The molecule has 2 rings (SSSR count). The van der Waals surface area contributed by atoms with Crippen LogP contribution in [-0.2, 0) is 0 Å². The molecule has 0 spiro atoms. The van der Waals surface area contributed by atoms with Gasteiger partial charge in [-0.2, -0.15) is 0 Å². The molecule has 0 amide bonds. The van der Waals surface area contributed by atoms with Crippen molar-refractivity contribution in [1.82, 2.24) is 0 Å². The van der Waals surface area contributed by atoms with Gasteiger partial charge in [0.25, 0.3) is 0 Å². The minimum atomic E-state index is 0.478. The number of rotatable bonds is 3. The number of nitrogens with zero attached hydrogens (tertiary/aromatic N) is 1. The first kappa shape index (κ1) is 13.8. The lowest BCUT2D eigenvalue weighted by Crippen LogP contribution is -2.35. The summed E-state index contributed by atoms with van der Waals surface area (Å²) in [4.78, 5) is 2.96. The van der Waals surface area contributed by atoms with E-state index in [4.69, 9.17) is 18.0 Å². The molecule has 2 unspecified atom stereocenters. The van der Waals surface area contributed by atoms with E-state index in [-0.39, 0.29) is 0 Å². The molecule has 1 aromatic rings. The number of halogens is 1. The van der Waals surface area contributed by atoms with Gasteiger partial charge in [0, 0.05) is 27.8 Å². The Bertz CT molecular complexity index is 461. The van der Waals surface area contributed by atoms with Gasteiger partial charge < -0.3 is 10.6 Å². The second kappa shape index (κ2) is 5.57. The van der Waals surface area contributed by atoms with Crippen LogP contribution in [0.15, 0.2) is 22.7 Å². The van der Waals surface area contributed by atoms with E-state index in [0.29, 0.717) is 17.1 Å². The number of hydrogen-bond acceptors (Lipinski definition) is 2. The highest BCUT2D eigenvalue weighted by atomic mass is 79.9. The van der Waals surface area contributed by atoms with E-state index in [9.17, 15) is 0 Å². The molecule has 98 valence electrons. The van der Waals surface area contributed by atoms with Crippen LogP contribution in [0.5, 0.6) is 0 Å². The van der Waals surface area contributed by atoms with E-state index in [2.05, 4.69) is 40.7 Å². The number of hydrogen-bond donors (Lipinski definition) is 1. The van der Waals surface area contributed by atoms with E-state index in [1.165, 1.54) is 18.5 Å². The van der Waals surface area contributed by atoms with Crippen LogP contribution in [0.3, 0.4) is 0 Å². The average molecular weight is 327 g/mol. The van der Waals surface area contributed by atoms with E-state index in [1.807, 2.05) is 12.1 Å². The van der Waals surface area contributed by atoms with Crippen molar-refractivity contribution < 1.29 is 0 Å². The molecule has 2 nitrogen and oxygen atoms in total. The van der Waals surface area contributed by atoms with E-state index in [0.717, 1.165) is 16.5 Å². The smallest absolute Gasteiger partial charge is 0.106 e. The highest BCUT2D eigenvalue weighted by molar-refractivity contribution is 9.10. The fourth-order valence-corrected chi connectivity index (χ4v) is 3.35. The van der Waals surface area contributed by atoms with E-state index < -0.39 is 0 Å². The molecule has 0 aliphatic carbocycles. The summed E-state index contributed by atoms with van der Waals surface area (Å²) in [5.74, 6) is 0. The number of benzene rings is 1. The van der Waals surface area contributed by atoms with Crippen molar-refractivity contribution in [3.8, 4) is 0 Å². The summed E-state index contributed by atoms with van der Waals surface area (Å²) < 4.78 is 1.08. The van der Waals surface area contributed by atoms with Gasteiger partial charge in [0.2, 0.25) is 0 Å². The van der Waals surface area contributed by atoms with Gasteiger partial charge in [-0.15, -0.1) is 0 Å². The third-order valence-electron chi connectivity index (χ3n) is 3.76. The molecule has 1 aromatic carbocycles. The SMILES string of the molecule is CCC1CCC(C)N1c1cc(Br)ccc1C(N)=S. The normalized spacial score (nSPS) is 23.4. The molecule has 1 aliphatic rings. The molecule has 0 bridgehead atoms. The Morgan fingerprint density at radius 3 is 2.83 bits per heavy atom. The zero-order valence-corrected chi connectivity index (χ0v) is 13.2. The van der Waals surface area contributed by atoms with Crippen molar-refractivity contribution in [2.45, 2.75) is 45.2 Å². The Morgan fingerprint density at radius 2 is 2.22 bits per heavy atom. The van der Waals surface area contributed by atoms with Gasteiger partial charge in [-0.25, -0.2) is 0 Å². The zero-order chi connectivity index (χ0) is 13.3. The van der Waals surface area contributed by atoms with Crippen molar-refractivity contribution in [1.29, 1.82) is 0 Å². The average Bonchev–Trinajstić information content (AvgIpc) is 2.69. The first-order valence-corrected chi connectivity index (χ1v) is 7.62. The maximum absolute atomic E-state index is 5.85. The lowest BCUT2D eigenvalue weighted by atomic mass is 10.1. The van der Waals surface area contributed by atoms with E-state index in [1.54, 1.807) is 0 Å². The van der Waals surface area contributed by atoms with Crippen LogP contribution < -0.4 is 10.6 Å². The topological polar surface area (TPSA) is 29.3 Å². The van der Waals surface area contributed by atoms with Gasteiger partial charge in [0.15, 0.2) is 0 Å². The Hall–Kier alpha value is -0.610. The highest BCUT2D eigenvalue weighted by Crippen LogP contribution is 2.35. The molecule has 1 fully saturated rings. The summed E-state index contributed by atoms with van der Waals surface area (Å²) in [6.45, 7) is 4.52. The van der Waals surface area contributed by atoms with Gasteiger partial charge in [0.1, 0.15) is 4.99 Å². The molecule has 0 aromatic heterocycles. The monoisotopic (exact) mass is 326 g/mol. The molecule has 1 aliphatic heterocycles. The number of thiocarbonyl (C=S) groups is 1. The van der Waals surface area contributed by atoms with Gasteiger partial charge >= 0.3 is 0 Å². The third kappa shape index (κ3) is 2.54. The summed E-state index contributed by atoms with van der Waals surface area (Å²) in [5, 5.41) is 0. The van der Waals surface area contributed by atoms with Crippen molar-refractivity contribution in [2.24, 2.45) is 5.73 Å². The number of nitrogens with two attached hydrogens (primary N) is 1. The lowest BCUT2D eigenvalue weighted by Gasteiger charge is -2.32. The predicted molar refractivity (Wildman–Crippen MR) is 85.3 cm³/mol. The minimum absolute atomic E-state index is 0.478. The predicted octanol–water partition coefficient (Wildman–Crippen LogP) is 3.85. The van der Waals surface area contributed by atoms with Gasteiger partial charge in [-0.05, 0) is 44.4 Å². The Kier molecular flexibility index (Phi) is 4.28. The minimum Gasteiger partial charge on any atom is -0.389 e. The zero-order valence-electron chi connectivity index (χ0n) is 10.8. The van der Waals surface area contributed by atoms with Crippen LogP contribution in [0.1, 0.15) is 38.7 Å². The van der Waals surface area contributed by atoms with Gasteiger partial charge in [-0.3, -0.25) is 0 Å². The molecular formula is C14H19BrN2S. The fraction of sp³-hybridized carbons (Fsp3) is 0.500. The maximum atomic E-state index is 5.85. The Balaban J connectivity index is 2.48. The molecule has 2 N–H and O–H groups in total. The standard InChI is InChI=1S/C14H19BrN2S/c1-3-11-6-4-9(2)17(11)13-8-10(15)5-7-12(13)14(16)18/h5,7-9,11H,3-4,6H2,1-2H3,(H2,16,18). The fourth-order valence-electron chi connectivity index (χ4n) is 2.83. The van der Waals surface area contributed by atoms with Crippen LogP contribution >= 0.6 is 28.1 Å². The quantitative estimate of drug-likeness (QED) is 0.855. The molecule has 18 heavy (non-hydrogen) atoms. The molecular weight excluding hydrogens is 308 g/mol. The largest absolute Gasteiger partial charge is 0.389 e. The Morgan fingerprint density at radius 1 is 1.50 bits per heavy atom. The van der Waals surface area contributed by atoms with Gasteiger partial charge in [-0.1, -0.05) is 35.1 Å². The first-order chi connectivity index (χ1) is 8.54. The third-order valence-corrected chi connectivity index (χ3v) is 4.47. The highest BCUT2D eigenvalue weighted by Gasteiger charge is 2.31. The number of anilines is 1. The second-order valence-corrected chi connectivity index (χ2v) is 6.28. The molecule has 1 saturated heterocycles. The molecule has 4 heteroatoms. The van der Waals surface area contributed by atoms with Crippen LogP contribution in [0.2, 0.25) is 0 Å². The van der Waals surface area contributed by atoms with Crippen molar-refractivity contribution in [2.75, 3.05) is 4.90 Å². The van der Waals surface area contributed by atoms with Crippen LogP contribution in [-0.4, -0.2) is 17.1 Å². The summed E-state index contributed by atoms with van der Waals surface area (Å²) in [7, 11) is 0. The summed E-state index contributed by atoms with van der Waals surface area (Å²) in [5.41, 5.74) is 8.02. The maximum Gasteiger partial charge on any atom is 0.106 e. The van der Waals surface area contributed by atoms with Gasteiger partial charge in [0.05, 0.1) is 0 Å². The molecule has 2 atom stereocenters. The van der Waals surface area contributed by atoms with Crippen molar-refractivity contribution in [3.05, 3.63) is 28.2 Å². The van der Waals surface area contributed by atoms with Crippen molar-refractivity contribution >= 4 is 38.8 Å². The van der Waals surface area contributed by atoms with Crippen LogP contribution in [0.4, 0.5) is 5.69 Å². The summed E-state index contributed by atoms with van der Waals surface area (Å²) in [6.07, 6.45) is 3.65. The molecule has 0 radical (unpaired) electrons. The van der Waals surface area contributed by atoms with Crippen molar-refractivity contribution in [3.63, 3.8) is 0 Å². The molecule has 0 saturated carbocycles. The van der Waals surface area contributed by atoms with E-state index >= 15 is 0 Å². The molecule has 1 heterocycles. The van der Waals surface area contributed by atoms with Crippen LogP contribution in [0.25, 0.3) is 0 Å². The summed E-state index contributed by atoms with van der Waals surface area (Å²) in [6, 6.07) is 7.30. The Labute approximate surface area is 123 Å². The van der Waals surface area contributed by atoms with Crippen LogP contribution in [0, 0.1) is 0 Å². The second-order valence-electron chi connectivity index (χ2n) is 4.92. The summed E-state index contributed by atoms with van der Waals surface area (Å²) >= 11 is 8.72. The first-order valence-electron chi connectivity index (χ1n) is 6.42. The lowest BCUT2D eigenvalue weighted by molar-refractivity contribution is 0.627.